The Balaban J connectivity index is 1.85. The molecule has 0 radical (unpaired) electrons. The highest BCUT2D eigenvalue weighted by atomic mass is 32.2. The number of hydrogen-bond donors (Lipinski definition) is 1. The molecule has 1 aliphatic heterocycles. The zero-order valence-corrected chi connectivity index (χ0v) is 14.2. The summed E-state index contributed by atoms with van der Waals surface area (Å²) >= 11 is 0. The first-order chi connectivity index (χ1) is 10.6. The van der Waals surface area contributed by atoms with Gasteiger partial charge in [-0.05, 0) is 18.8 Å². The van der Waals surface area contributed by atoms with Gasteiger partial charge in [0, 0.05) is 52.1 Å². The normalized spacial score (nSPS) is 20.4. The van der Waals surface area contributed by atoms with Crippen molar-refractivity contribution in [3.05, 3.63) is 18.2 Å². The molecule has 0 aliphatic carbocycles. The minimum Gasteiger partial charge on any atom is -0.384 e. The highest BCUT2D eigenvalue weighted by Gasteiger charge is 2.28. The number of nitrogens with one attached hydrogen (secondary N) is 1. The maximum absolute atomic E-state index is 12.4. The number of hydrogen-bond acceptors (Lipinski definition) is 4. The van der Waals surface area contributed by atoms with E-state index in [4.69, 9.17) is 4.74 Å². The van der Waals surface area contributed by atoms with Crippen LogP contribution in [-0.2, 0) is 27.9 Å². The third-order valence-corrected chi connectivity index (χ3v) is 5.56. The predicted octanol–water partition coefficient (Wildman–Crippen LogP) is 0.638. The van der Waals surface area contributed by atoms with E-state index in [0.717, 1.165) is 25.1 Å². The van der Waals surface area contributed by atoms with E-state index in [9.17, 15) is 8.42 Å². The Kier molecular flexibility index (Phi) is 6.37. The molecule has 1 atom stereocenters. The standard InChI is InChI=1S/C14H26N4O3S/c1-3-14-15-6-9-17(14)10-7-16-22(19,20)18-8-4-5-13(11-18)12-21-2/h6,9,13,16H,3-5,7-8,10-12H2,1-2H3. The van der Waals surface area contributed by atoms with E-state index < -0.39 is 10.2 Å². The summed E-state index contributed by atoms with van der Waals surface area (Å²) in [6.07, 6.45) is 6.37. The van der Waals surface area contributed by atoms with Crippen LogP contribution in [0.4, 0.5) is 0 Å². The van der Waals surface area contributed by atoms with Gasteiger partial charge in [0.1, 0.15) is 5.82 Å². The maximum Gasteiger partial charge on any atom is 0.279 e. The molecule has 0 amide bonds. The molecule has 2 rings (SSSR count). The van der Waals surface area contributed by atoms with Crippen molar-refractivity contribution in [3.8, 4) is 0 Å². The molecular formula is C14H26N4O3S. The monoisotopic (exact) mass is 330 g/mol. The first-order valence-corrected chi connectivity index (χ1v) is 9.24. The molecule has 0 aromatic carbocycles. The second-order valence-electron chi connectivity index (χ2n) is 5.61. The molecule has 1 fully saturated rings. The quantitative estimate of drug-likeness (QED) is 0.759. The molecule has 1 aromatic rings. The van der Waals surface area contributed by atoms with Crippen LogP contribution in [0.5, 0.6) is 0 Å². The topological polar surface area (TPSA) is 76.5 Å². The van der Waals surface area contributed by atoms with Crippen molar-refractivity contribution >= 4 is 10.2 Å². The van der Waals surface area contributed by atoms with E-state index in [-0.39, 0.29) is 5.92 Å². The van der Waals surface area contributed by atoms with E-state index in [1.54, 1.807) is 13.3 Å². The van der Waals surface area contributed by atoms with E-state index in [0.29, 0.717) is 32.8 Å². The largest absolute Gasteiger partial charge is 0.384 e. The third kappa shape index (κ3) is 4.52. The molecule has 1 aliphatic rings. The van der Waals surface area contributed by atoms with Crippen LogP contribution >= 0.6 is 0 Å². The first kappa shape index (κ1) is 17.4. The Morgan fingerprint density at radius 2 is 2.32 bits per heavy atom. The van der Waals surface area contributed by atoms with E-state index in [1.807, 2.05) is 17.7 Å². The van der Waals surface area contributed by atoms with E-state index in [2.05, 4.69) is 9.71 Å². The number of methoxy groups -OCH3 is 1. The Bertz CT molecular complexity index is 556. The van der Waals surface area contributed by atoms with Crippen LogP contribution in [0, 0.1) is 5.92 Å². The van der Waals surface area contributed by atoms with Crippen molar-refractivity contribution in [2.24, 2.45) is 5.92 Å². The molecule has 1 unspecified atom stereocenters. The highest BCUT2D eigenvalue weighted by molar-refractivity contribution is 7.87. The highest BCUT2D eigenvalue weighted by Crippen LogP contribution is 2.18. The maximum atomic E-state index is 12.4. The fraction of sp³-hybridized carbons (Fsp3) is 0.786. The van der Waals surface area contributed by atoms with Gasteiger partial charge < -0.3 is 9.30 Å². The van der Waals surface area contributed by atoms with Gasteiger partial charge in [0.15, 0.2) is 0 Å². The van der Waals surface area contributed by atoms with Gasteiger partial charge in [-0.25, -0.2) is 9.71 Å². The Hall–Kier alpha value is -0.960. The minimum atomic E-state index is -3.41. The summed E-state index contributed by atoms with van der Waals surface area (Å²) in [5.74, 6) is 1.26. The van der Waals surface area contributed by atoms with Crippen LogP contribution in [0.2, 0.25) is 0 Å². The molecule has 126 valence electrons. The van der Waals surface area contributed by atoms with Crippen LogP contribution in [0.15, 0.2) is 12.4 Å². The lowest BCUT2D eigenvalue weighted by Crippen LogP contribution is -2.47. The smallest absolute Gasteiger partial charge is 0.279 e. The summed E-state index contributed by atoms with van der Waals surface area (Å²) in [4.78, 5) is 4.23. The summed E-state index contributed by atoms with van der Waals surface area (Å²) in [5.41, 5.74) is 0. The number of aryl methyl sites for hydroxylation is 1. The lowest BCUT2D eigenvalue weighted by molar-refractivity contribution is 0.118. The molecule has 8 heteroatoms. The van der Waals surface area contributed by atoms with Crippen LogP contribution < -0.4 is 4.72 Å². The zero-order chi connectivity index (χ0) is 16.0. The summed E-state index contributed by atoms with van der Waals surface area (Å²) in [6, 6.07) is 0. The fourth-order valence-electron chi connectivity index (χ4n) is 2.86. The molecule has 0 saturated carbocycles. The second-order valence-corrected chi connectivity index (χ2v) is 7.37. The van der Waals surface area contributed by atoms with Crippen molar-refractivity contribution < 1.29 is 13.2 Å². The Morgan fingerprint density at radius 1 is 1.50 bits per heavy atom. The van der Waals surface area contributed by atoms with Crippen LogP contribution in [0.25, 0.3) is 0 Å². The van der Waals surface area contributed by atoms with Gasteiger partial charge in [-0.2, -0.15) is 12.7 Å². The Morgan fingerprint density at radius 3 is 3.05 bits per heavy atom. The lowest BCUT2D eigenvalue weighted by Gasteiger charge is -2.31. The summed E-state index contributed by atoms with van der Waals surface area (Å²) < 4.78 is 36.1. The predicted molar refractivity (Wildman–Crippen MR) is 84.7 cm³/mol. The molecule has 2 heterocycles. The minimum absolute atomic E-state index is 0.288. The summed E-state index contributed by atoms with van der Waals surface area (Å²) in [5, 5.41) is 0. The van der Waals surface area contributed by atoms with Crippen LogP contribution in [0.3, 0.4) is 0 Å². The van der Waals surface area contributed by atoms with Crippen molar-refractivity contribution in [2.45, 2.75) is 32.7 Å². The molecule has 1 saturated heterocycles. The fourth-order valence-corrected chi connectivity index (χ4v) is 4.17. The van der Waals surface area contributed by atoms with Crippen molar-refractivity contribution in [1.29, 1.82) is 0 Å². The van der Waals surface area contributed by atoms with Gasteiger partial charge in [-0.3, -0.25) is 0 Å². The molecule has 1 N–H and O–H groups in total. The third-order valence-electron chi connectivity index (χ3n) is 3.98. The van der Waals surface area contributed by atoms with Gasteiger partial charge in [-0.1, -0.05) is 6.92 Å². The van der Waals surface area contributed by atoms with Crippen molar-refractivity contribution in [1.82, 2.24) is 18.6 Å². The van der Waals surface area contributed by atoms with Crippen LogP contribution in [0.1, 0.15) is 25.6 Å². The van der Waals surface area contributed by atoms with Gasteiger partial charge in [0.25, 0.3) is 10.2 Å². The number of imidazole rings is 1. The average Bonchev–Trinajstić information content (AvgIpc) is 2.95. The molecule has 0 bridgehead atoms. The molecule has 1 aromatic heterocycles. The van der Waals surface area contributed by atoms with Crippen molar-refractivity contribution in [2.75, 3.05) is 33.4 Å². The molecule has 22 heavy (non-hydrogen) atoms. The molecule has 0 spiro atoms. The van der Waals surface area contributed by atoms with Gasteiger partial charge in [-0.15, -0.1) is 0 Å². The average molecular weight is 330 g/mol. The number of nitrogens with zero attached hydrogens (tertiary/aromatic N) is 3. The second kappa shape index (κ2) is 8.05. The van der Waals surface area contributed by atoms with Crippen LogP contribution in [-0.4, -0.2) is 55.6 Å². The molecule has 7 nitrogen and oxygen atoms in total. The zero-order valence-electron chi connectivity index (χ0n) is 13.4. The van der Waals surface area contributed by atoms with E-state index >= 15 is 0 Å². The SMILES string of the molecule is CCc1nccn1CCNS(=O)(=O)N1CCCC(COC)C1. The number of piperidine rings is 1. The van der Waals surface area contributed by atoms with Gasteiger partial charge in [0.2, 0.25) is 0 Å². The van der Waals surface area contributed by atoms with Gasteiger partial charge >= 0.3 is 0 Å². The molecular weight excluding hydrogens is 304 g/mol. The summed E-state index contributed by atoms with van der Waals surface area (Å²) in [7, 11) is -1.76. The van der Waals surface area contributed by atoms with E-state index in [1.165, 1.54) is 4.31 Å². The number of aromatic nitrogens is 2. The Labute approximate surface area is 132 Å². The summed E-state index contributed by atoms with van der Waals surface area (Å²) in [6.45, 7) is 4.73. The number of ether oxygens (including phenoxy) is 1. The van der Waals surface area contributed by atoms with Crippen molar-refractivity contribution in [3.63, 3.8) is 0 Å². The lowest BCUT2D eigenvalue weighted by atomic mass is 10.0. The first-order valence-electron chi connectivity index (χ1n) is 7.80. The number of rotatable bonds is 8. The van der Waals surface area contributed by atoms with Gasteiger partial charge in [0.05, 0.1) is 6.61 Å².